The summed E-state index contributed by atoms with van der Waals surface area (Å²) in [6.07, 6.45) is 20.6. The molecule has 0 radical (unpaired) electrons. The SMILES string of the molecule is Cc1cc(N(c2ccccc2)c2cccc(C(C)(C)C)c2)cc2c1C1=C(C3=C(CC1)c1c(C)cc(N(C4=CC=CC(C(C)(C)C)C4)C4C=CC=CC4)cc1C3(C)C)C2(C)C. The smallest absolute Gasteiger partial charge is 0.0556 e. The number of aryl methyl sites for hydroxylation is 2. The number of hydrogen-bond donors (Lipinski definition) is 0. The predicted molar refractivity (Wildman–Crippen MR) is 259 cm³/mol. The summed E-state index contributed by atoms with van der Waals surface area (Å²) in [6.45, 7) is 28.9. The van der Waals surface area contributed by atoms with E-state index in [2.05, 4.69) is 214 Å². The highest BCUT2D eigenvalue weighted by Gasteiger charge is 2.50. The summed E-state index contributed by atoms with van der Waals surface area (Å²) in [4.78, 5) is 5.16. The monoisotopic (exact) mass is 791 g/mol. The third kappa shape index (κ3) is 6.52. The minimum absolute atomic E-state index is 0.0514. The molecule has 5 aliphatic rings. The molecule has 0 spiro atoms. The maximum atomic E-state index is 2.68. The molecule has 0 aromatic heterocycles. The molecule has 2 heteroatoms. The van der Waals surface area contributed by atoms with Gasteiger partial charge in [-0.2, -0.15) is 0 Å². The average Bonchev–Trinajstić information content (AvgIpc) is 3.58. The summed E-state index contributed by atoms with van der Waals surface area (Å²) >= 11 is 0. The number of nitrogens with zero attached hydrogens (tertiary/aromatic N) is 2. The van der Waals surface area contributed by atoms with Crippen LogP contribution in [0.1, 0.15) is 134 Å². The van der Waals surface area contributed by atoms with E-state index in [9.17, 15) is 0 Å². The van der Waals surface area contributed by atoms with Crippen LogP contribution < -0.4 is 9.80 Å². The molecule has 308 valence electrons. The molecule has 0 amide bonds. The lowest BCUT2D eigenvalue weighted by molar-refractivity contribution is 0.287. The molecule has 0 saturated carbocycles. The molecule has 0 heterocycles. The Morgan fingerprint density at radius 3 is 1.78 bits per heavy atom. The Labute approximate surface area is 361 Å². The maximum absolute atomic E-state index is 2.68. The largest absolute Gasteiger partial charge is 0.338 e. The first-order chi connectivity index (χ1) is 28.4. The van der Waals surface area contributed by atoms with Crippen molar-refractivity contribution in [3.8, 4) is 0 Å². The van der Waals surface area contributed by atoms with E-state index >= 15 is 0 Å². The van der Waals surface area contributed by atoms with Gasteiger partial charge in [-0.1, -0.05) is 136 Å². The molecule has 0 fully saturated rings. The number of fused-ring (bicyclic) bond motifs is 5. The van der Waals surface area contributed by atoms with Crippen molar-refractivity contribution >= 4 is 33.9 Å². The number of anilines is 4. The summed E-state index contributed by atoms with van der Waals surface area (Å²) in [5.74, 6) is 0.498. The quantitative estimate of drug-likeness (QED) is 0.192. The second kappa shape index (κ2) is 14.3. The van der Waals surface area contributed by atoms with Crippen LogP contribution in [0.4, 0.5) is 22.7 Å². The topological polar surface area (TPSA) is 6.48 Å². The van der Waals surface area contributed by atoms with Crippen LogP contribution >= 0.6 is 0 Å². The first-order valence-corrected chi connectivity index (χ1v) is 22.6. The second-order valence-corrected chi connectivity index (χ2v) is 21.5. The van der Waals surface area contributed by atoms with Gasteiger partial charge in [0.15, 0.2) is 0 Å². The lowest BCUT2D eigenvalue weighted by Crippen LogP contribution is -2.36. The molecule has 2 unspecified atom stereocenters. The molecule has 2 atom stereocenters. The van der Waals surface area contributed by atoms with Crippen LogP contribution in [0.5, 0.6) is 0 Å². The molecule has 0 saturated heterocycles. The minimum atomic E-state index is -0.162. The fraction of sp³-hybridized carbons (Fsp3) is 0.379. The molecule has 4 aromatic rings. The molecular weight excluding hydrogens is 725 g/mol. The van der Waals surface area contributed by atoms with E-state index in [0.29, 0.717) is 12.0 Å². The zero-order valence-electron chi connectivity index (χ0n) is 38.4. The van der Waals surface area contributed by atoms with E-state index in [1.165, 1.54) is 67.4 Å². The molecule has 4 aromatic carbocycles. The van der Waals surface area contributed by atoms with E-state index in [1.807, 2.05) is 0 Å². The lowest BCUT2D eigenvalue weighted by Gasteiger charge is -2.40. The van der Waals surface area contributed by atoms with Gasteiger partial charge in [-0.05, 0) is 172 Å². The summed E-state index contributed by atoms with van der Waals surface area (Å²) < 4.78 is 0. The van der Waals surface area contributed by atoms with Gasteiger partial charge in [0.25, 0.3) is 0 Å². The standard InChI is InChI=1S/C58H66N2/c1-37-31-45(59(41-23-15-13-16-24-41)43-27-19-21-39(33-43)55(3,4)5)35-49-51(37)47-29-30-48-52-38(2)32-46(36-50(52)58(11,12)54(48)53(47)57(49,9)10)60(42-25-17-14-18-26-42)44-28-20-22-40(34-44)56(6,7)8/h13-25,27-28,31-33,35-36,40,42H,26,29-30,34H2,1-12H3. The normalized spacial score (nSPS) is 21.1. The lowest BCUT2D eigenvalue weighted by atomic mass is 9.68. The van der Waals surface area contributed by atoms with Crippen molar-refractivity contribution in [1.82, 2.24) is 0 Å². The van der Waals surface area contributed by atoms with Gasteiger partial charge in [-0.25, -0.2) is 0 Å². The van der Waals surface area contributed by atoms with Crippen LogP contribution in [-0.2, 0) is 16.2 Å². The van der Waals surface area contributed by atoms with Crippen molar-refractivity contribution in [2.24, 2.45) is 11.3 Å². The number of benzene rings is 4. The molecule has 60 heavy (non-hydrogen) atoms. The maximum Gasteiger partial charge on any atom is 0.0556 e. The van der Waals surface area contributed by atoms with E-state index in [0.717, 1.165) is 25.7 Å². The van der Waals surface area contributed by atoms with Gasteiger partial charge in [0.1, 0.15) is 0 Å². The van der Waals surface area contributed by atoms with Gasteiger partial charge >= 0.3 is 0 Å². The van der Waals surface area contributed by atoms with Gasteiger partial charge in [-0.3, -0.25) is 0 Å². The molecule has 9 rings (SSSR count). The highest BCUT2D eigenvalue weighted by atomic mass is 15.2. The molecule has 0 bridgehead atoms. The first-order valence-electron chi connectivity index (χ1n) is 22.6. The van der Waals surface area contributed by atoms with Crippen LogP contribution in [-0.4, -0.2) is 6.04 Å². The van der Waals surface area contributed by atoms with Crippen molar-refractivity contribution < 1.29 is 0 Å². The fourth-order valence-electron chi connectivity index (χ4n) is 11.4. The Morgan fingerprint density at radius 2 is 1.20 bits per heavy atom. The van der Waals surface area contributed by atoms with E-state index in [4.69, 9.17) is 0 Å². The number of allylic oxidation sites excluding steroid dienone is 10. The third-order valence-electron chi connectivity index (χ3n) is 14.6. The van der Waals surface area contributed by atoms with Crippen molar-refractivity contribution in [1.29, 1.82) is 0 Å². The van der Waals surface area contributed by atoms with Crippen molar-refractivity contribution in [3.05, 3.63) is 177 Å². The van der Waals surface area contributed by atoms with Gasteiger partial charge in [0, 0.05) is 39.3 Å². The molecular formula is C58H66N2. The average molecular weight is 791 g/mol. The zero-order chi connectivity index (χ0) is 42.5. The highest BCUT2D eigenvalue weighted by Crippen LogP contribution is 2.64. The Morgan fingerprint density at radius 1 is 0.600 bits per heavy atom. The van der Waals surface area contributed by atoms with Gasteiger partial charge in [-0.15, -0.1) is 0 Å². The van der Waals surface area contributed by atoms with E-state index in [-0.39, 0.29) is 21.7 Å². The summed E-state index contributed by atoms with van der Waals surface area (Å²) in [6, 6.07) is 30.5. The van der Waals surface area contributed by atoms with Crippen molar-refractivity contribution in [2.45, 2.75) is 131 Å². The van der Waals surface area contributed by atoms with Crippen molar-refractivity contribution in [2.75, 3.05) is 9.80 Å². The summed E-state index contributed by atoms with van der Waals surface area (Å²) in [5.41, 5.74) is 22.7. The highest BCUT2D eigenvalue weighted by molar-refractivity contribution is 5.98. The van der Waals surface area contributed by atoms with Crippen molar-refractivity contribution in [3.63, 3.8) is 0 Å². The van der Waals surface area contributed by atoms with Crippen LogP contribution in [0.15, 0.2) is 138 Å². The molecule has 0 aliphatic heterocycles. The Hall–Kier alpha value is -5.08. The Balaban J connectivity index is 1.14. The van der Waals surface area contributed by atoms with Crippen LogP contribution in [0.3, 0.4) is 0 Å². The van der Waals surface area contributed by atoms with Gasteiger partial charge in [0.2, 0.25) is 0 Å². The zero-order valence-corrected chi connectivity index (χ0v) is 38.4. The minimum Gasteiger partial charge on any atom is -0.338 e. The number of rotatable bonds is 6. The van der Waals surface area contributed by atoms with E-state index in [1.54, 1.807) is 22.3 Å². The molecule has 0 N–H and O–H groups in total. The Bertz CT molecular complexity index is 2580. The first kappa shape index (κ1) is 40.3. The van der Waals surface area contributed by atoms with Crippen LogP contribution in [0.25, 0.3) is 11.1 Å². The third-order valence-corrected chi connectivity index (χ3v) is 14.6. The van der Waals surface area contributed by atoms with Crippen LogP contribution in [0.2, 0.25) is 0 Å². The number of para-hydroxylation sites is 1. The predicted octanol–water partition coefficient (Wildman–Crippen LogP) is 15.9. The summed E-state index contributed by atoms with van der Waals surface area (Å²) in [7, 11) is 0. The Kier molecular flexibility index (Phi) is 9.58. The van der Waals surface area contributed by atoms with E-state index < -0.39 is 0 Å². The molecule has 2 nitrogen and oxygen atoms in total. The summed E-state index contributed by atoms with van der Waals surface area (Å²) in [5, 5.41) is 0. The van der Waals surface area contributed by atoms with Gasteiger partial charge < -0.3 is 9.80 Å². The fourth-order valence-corrected chi connectivity index (χ4v) is 11.4. The van der Waals surface area contributed by atoms with Crippen LogP contribution in [0, 0.1) is 25.2 Å². The number of hydrogen-bond acceptors (Lipinski definition) is 2. The van der Waals surface area contributed by atoms with Gasteiger partial charge in [0.05, 0.1) is 6.04 Å². The molecule has 5 aliphatic carbocycles. The second-order valence-electron chi connectivity index (χ2n) is 21.5.